The van der Waals surface area contributed by atoms with Gasteiger partial charge in [0, 0.05) is 22.5 Å². The van der Waals surface area contributed by atoms with E-state index in [1.807, 2.05) is 38.1 Å². The third-order valence-corrected chi connectivity index (χ3v) is 5.03. The lowest BCUT2D eigenvalue weighted by molar-refractivity contribution is 0.0955. The summed E-state index contributed by atoms with van der Waals surface area (Å²) in [6, 6.07) is 14.3. The Morgan fingerprint density at radius 3 is 2.52 bits per heavy atom. The molecule has 0 atom stereocenters. The molecule has 0 radical (unpaired) electrons. The highest BCUT2D eigenvalue weighted by atomic mass is 19.1. The minimum atomic E-state index is -0.448. The van der Waals surface area contributed by atoms with Crippen molar-refractivity contribution in [2.24, 2.45) is 5.10 Å². The molecule has 0 saturated carbocycles. The van der Waals surface area contributed by atoms with Crippen molar-refractivity contribution in [1.29, 1.82) is 0 Å². The molecule has 2 aromatic heterocycles. The number of carbonyl (C=O) groups is 1. The molecule has 4 rings (SSSR count). The first-order valence-electron chi connectivity index (χ1n) is 9.64. The molecule has 31 heavy (non-hydrogen) atoms. The van der Waals surface area contributed by atoms with Gasteiger partial charge in [-0.2, -0.15) is 9.78 Å². The van der Waals surface area contributed by atoms with Crippen molar-refractivity contribution in [3.63, 3.8) is 0 Å². The predicted molar refractivity (Wildman–Crippen MR) is 117 cm³/mol. The van der Waals surface area contributed by atoms with Gasteiger partial charge in [0.25, 0.3) is 11.5 Å². The number of para-hydroxylation sites is 1. The van der Waals surface area contributed by atoms with Crippen LogP contribution in [0.2, 0.25) is 0 Å². The van der Waals surface area contributed by atoms with Crippen LogP contribution in [0.1, 0.15) is 33.1 Å². The fourth-order valence-corrected chi connectivity index (χ4v) is 3.51. The highest BCUT2D eigenvalue weighted by molar-refractivity contribution is 5.95. The van der Waals surface area contributed by atoms with Crippen molar-refractivity contribution < 1.29 is 9.18 Å². The van der Waals surface area contributed by atoms with E-state index in [0.29, 0.717) is 22.3 Å². The molecule has 0 aliphatic heterocycles. The molecule has 0 unspecified atom stereocenters. The molecular weight excluding hydrogens is 397 g/mol. The number of carbonyl (C=O) groups excluding carboxylic acids is 1. The first kappa shape index (κ1) is 20.2. The number of nitrogens with one attached hydrogen (secondary N) is 1. The van der Waals surface area contributed by atoms with Crippen LogP contribution in [-0.4, -0.2) is 26.5 Å². The fraction of sp³-hybridized carbons (Fsp3) is 0.130. The lowest BCUT2D eigenvalue weighted by Crippen LogP contribution is -2.30. The van der Waals surface area contributed by atoms with E-state index < -0.39 is 11.7 Å². The maximum Gasteiger partial charge on any atom is 0.280 e. The number of amides is 1. The molecule has 1 N–H and O–H groups in total. The summed E-state index contributed by atoms with van der Waals surface area (Å²) in [4.78, 5) is 29.8. The number of rotatable bonds is 4. The molecule has 0 aliphatic rings. The Morgan fingerprint density at radius 2 is 1.77 bits per heavy atom. The molecule has 2 aromatic carbocycles. The van der Waals surface area contributed by atoms with E-state index in [-0.39, 0.29) is 5.56 Å². The van der Waals surface area contributed by atoms with Gasteiger partial charge >= 0.3 is 0 Å². The zero-order valence-corrected chi connectivity index (χ0v) is 17.3. The maximum absolute atomic E-state index is 13.1. The van der Waals surface area contributed by atoms with Crippen molar-refractivity contribution in [1.82, 2.24) is 19.8 Å². The van der Waals surface area contributed by atoms with Crippen LogP contribution in [0.5, 0.6) is 0 Å². The number of aryl methyl sites for hydroxylation is 2. The Morgan fingerprint density at radius 1 is 1.06 bits per heavy atom. The van der Waals surface area contributed by atoms with E-state index >= 15 is 0 Å². The van der Waals surface area contributed by atoms with Crippen LogP contribution in [0.15, 0.2) is 64.5 Å². The Balaban J connectivity index is 1.66. The van der Waals surface area contributed by atoms with E-state index in [0.717, 1.165) is 17.0 Å². The van der Waals surface area contributed by atoms with Crippen LogP contribution < -0.4 is 11.0 Å². The maximum atomic E-state index is 13.1. The second-order valence-electron chi connectivity index (χ2n) is 7.14. The highest BCUT2D eigenvalue weighted by Crippen LogP contribution is 2.15. The van der Waals surface area contributed by atoms with Gasteiger partial charge in [0.2, 0.25) is 0 Å². The summed E-state index contributed by atoms with van der Waals surface area (Å²) in [5.74, 6) is -0.310. The van der Waals surface area contributed by atoms with Gasteiger partial charge in [-0.25, -0.2) is 14.8 Å². The topological polar surface area (TPSA) is 81.3 Å². The highest BCUT2D eigenvalue weighted by Gasteiger charge is 2.15. The minimum Gasteiger partial charge on any atom is -0.267 e. The number of hydrogen-bond donors (Lipinski definition) is 1. The van der Waals surface area contributed by atoms with E-state index in [9.17, 15) is 14.0 Å². The standard InChI is InChI=1S/C23H20FN5O2/c1-14-12-18(13-25-27-22(30)17-8-10-19(24)11-9-17)15(2)28(14)29-16(3)26-21-7-5-4-6-20(21)23(29)31/h4-13H,1-3H3,(H,27,30). The van der Waals surface area contributed by atoms with E-state index in [4.69, 9.17) is 0 Å². The second-order valence-corrected chi connectivity index (χ2v) is 7.14. The van der Waals surface area contributed by atoms with Crippen LogP contribution >= 0.6 is 0 Å². The number of hydrogen-bond acceptors (Lipinski definition) is 4. The molecule has 156 valence electrons. The largest absolute Gasteiger partial charge is 0.280 e. The average Bonchev–Trinajstić information content (AvgIpc) is 3.02. The summed E-state index contributed by atoms with van der Waals surface area (Å²) in [6.07, 6.45) is 1.51. The summed E-state index contributed by atoms with van der Waals surface area (Å²) < 4.78 is 16.3. The number of halogens is 1. The molecule has 0 bridgehead atoms. The quantitative estimate of drug-likeness (QED) is 0.408. The number of aromatic nitrogens is 3. The molecule has 1 amide bonds. The molecular formula is C23H20FN5O2. The van der Waals surface area contributed by atoms with Gasteiger partial charge in [-0.05, 0) is 63.2 Å². The molecule has 0 aliphatic carbocycles. The summed E-state index contributed by atoms with van der Waals surface area (Å²) in [5, 5.41) is 4.54. The first-order chi connectivity index (χ1) is 14.9. The third kappa shape index (κ3) is 3.75. The zero-order valence-electron chi connectivity index (χ0n) is 17.3. The van der Waals surface area contributed by atoms with Crippen LogP contribution in [0.4, 0.5) is 4.39 Å². The number of benzene rings is 2. The lowest BCUT2D eigenvalue weighted by Gasteiger charge is -2.16. The van der Waals surface area contributed by atoms with Crippen LogP contribution in [0.3, 0.4) is 0 Å². The van der Waals surface area contributed by atoms with Crippen LogP contribution in [-0.2, 0) is 0 Å². The summed E-state index contributed by atoms with van der Waals surface area (Å²) in [5.41, 5.74) is 5.51. The van der Waals surface area contributed by atoms with E-state index in [1.54, 1.807) is 17.7 Å². The lowest BCUT2D eigenvalue weighted by atomic mass is 10.2. The van der Waals surface area contributed by atoms with Gasteiger partial charge in [0.15, 0.2) is 0 Å². The molecule has 8 heteroatoms. The Kier molecular flexibility index (Phi) is 5.21. The Bertz CT molecular complexity index is 1380. The van der Waals surface area contributed by atoms with E-state index in [1.165, 1.54) is 35.2 Å². The Labute approximate surface area is 177 Å². The molecule has 0 spiro atoms. The van der Waals surface area contributed by atoms with Gasteiger partial charge in [0.1, 0.15) is 11.6 Å². The molecule has 0 saturated heterocycles. The van der Waals surface area contributed by atoms with Crippen LogP contribution in [0, 0.1) is 26.6 Å². The van der Waals surface area contributed by atoms with Crippen molar-refractivity contribution in [2.45, 2.75) is 20.8 Å². The van der Waals surface area contributed by atoms with Crippen molar-refractivity contribution >= 4 is 23.0 Å². The van der Waals surface area contributed by atoms with Crippen LogP contribution in [0.25, 0.3) is 10.9 Å². The molecule has 2 heterocycles. The molecule has 0 fully saturated rings. The zero-order chi connectivity index (χ0) is 22.1. The van der Waals surface area contributed by atoms with E-state index in [2.05, 4.69) is 15.5 Å². The van der Waals surface area contributed by atoms with Gasteiger partial charge in [-0.15, -0.1) is 0 Å². The second kappa shape index (κ2) is 7.98. The minimum absolute atomic E-state index is 0.169. The predicted octanol–water partition coefficient (Wildman–Crippen LogP) is 3.34. The van der Waals surface area contributed by atoms with Gasteiger partial charge in [-0.3, -0.25) is 14.3 Å². The van der Waals surface area contributed by atoms with Crippen molar-refractivity contribution in [2.75, 3.05) is 0 Å². The number of nitrogens with zero attached hydrogens (tertiary/aromatic N) is 4. The van der Waals surface area contributed by atoms with Crippen molar-refractivity contribution in [3.8, 4) is 0 Å². The SMILES string of the molecule is Cc1cc(C=NNC(=O)c2ccc(F)cc2)c(C)n1-n1c(C)nc2ccccc2c1=O. The number of fused-ring (bicyclic) bond motifs is 1. The fourth-order valence-electron chi connectivity index (χ4n) is 3.51. The number of hydrazone groups is 1. The summed E-state index contributed by atoms with van der Waals surface area (Å²) >= 11 is 0. The van der Waals surface area contributed by atoms with Gasteiger partial charge < -0.3 is 0 Å². The normalized spacial score (nSPS) is 11.4. The monoisotopic (exact) mass is 417 g/mol. The van der Waals surface area contributed by atoms with Crippen molar-refractivity contribution in [3.05, 3.63) is 99.1 Å². The summed E-state index contributed by atoms with van der Waals surface area (Å²) in [6.45, 7) is 5.52. The average molecular weight is 417 g/mol. The molecule has 4 aromatic rings. The van der Waals surface area contributed by atoms with Gasteiger partial charge in [0.05, 0.1) is 17.1 Å². The smallest absolute Gasteiger partial charge is 0.267 e. The third-order valence-electron chi connectivity index (χ3n) is 5.03. The first-order valence-corrected chi connectivity index (χ1v) is 9.64. The van der Waals surface area contributed by atoms with Gasteiger partial charge in [-0.1, -0.05) is 12.1 Å². The summed E-state index contributed by atoms with van der Waals surface area (Å²) in [7, 11) is 0. The Hall–Kier alpha value is -4.07. The molecule has 7 nitrogen and oxygen atoms in total.